The first-order chi connectivity index (χ1) is 7.15. The van der Waals surface area contributed by atoms with Crippen LogP contribution in [0.4, 0.5) is 0 Å². The van der Waals surface area contributed by atoms with E-state index in [1.807, 2.05) is 6.92 Å². The molecular weight excluding hydrogens is 196 g/mol. The summed E-state index contributed by atoms with van der Waals surface area (Å²) in [6.07, 6.45) is 0.700. The molecule has 0 N–H and O–H groups in total. The first kappa shape index (κ1) is 9.33. The van der Waals surface area contributed by atoms with Crippen molar-refractivity contribution in [2.75, 3.05) is 7.11 Å². The molecule has 82 valence electrons. The molecule has 2 saturated carbocycles. The average molecular weight is 210 g/mol. The van der Waals surface area contributed by atoms with E-state index >= 15 is 0 Å². The van der Waals surface area contributed by atoms with Crippen molar-refractivity contribution < 1.29 is 19.1 Å². The Morgan fingerprint density at radius 2 is 2.20 bits per heavy atom. The molecule has 0 radical (unpaired) electrons. The van der Waals surface area contributed by atoms with E-state index in [0.717, 1.165) is 0 Å². The van der Waals surface area contributed by atoms with Crippen LogP contribution in [-0.4, -0.2) is 31.1 Å². The van der Waals surface area contributed by atoms with Gasteiger partial charge in [0.15, 0.2) is 0 Å². The number of carbonyl (C=O) groups excluding carboxylic acids is 2. The van der Waals surface area contributed by atoms with Gasteiger partial charge in [0.25, 0.3) is 0 Å². The Labute approximate surface area is 87.9 Å². The first-order valence-electron chi connectivity index (χ1n) is 5.41. The number of ketones is 1. The summed E-state index contributed by atoms with van der Waals surface area (Å²) in [5.74, 6) is 0.346. The van der Waals surface area contributed by atoms with Gasteiger partial charge in [-0.05, 0) is 5.92 Å². The number of carbonyl (C=O) groups is 2. The maximum Gasteiger partial charge on any atom is 0.311 e. The largest absolute Gasteiger partial charge is 0.469 e. The lowest BCUT2D eigenvalue weighted by molar-refractivity contribution is -0.148. The SMILES string of the molecule is COC(=O)[C@H]1[C@@H]2CC(=O)[C@H](C)[C@@H]2[C@H]2O[C@H]21. The topological polar surface area (TPSA) is 55.9 Å². The summed E-state index contributed by atoms with van der Waals surface area (Å²) < 4.78 is 10.2. The van der Waals surface area contributed by atoms with E-state index < -0.39 is 0 Å². The van der Waals surface area contributed by atoms with Gasteiger partial charge in [0, 0.05) is 18.3 Å². The maximum atomic E-state index is 11.6. The van der Waals surface area contributed by atoms with Crippen molar-refractivity contribution in [2.45, 2.75) is 25.6 Å². The fourth-order valence-electron chi connectivity index (χ4n) is 3.46. The van der Waals surface area contributed by atoms with Crippen molar-refractivity contribution >= 4 is 11.8 Å². The van der Waals surface area contributed by atoms with Crippen LogP contribution in [0.2, 0.25) is 0 Å². The molecule has 0 amide bonds. The number of rotatable bonds is 1. The van der Waals surface area contributed by atoms with Crippen LogP contribution < -0.4 is 0 Å². The van der Waals surface area contributed by atoms with Gasteiger partial charge in [0.2, 0.25) is 0 Å². The van der Waals surface area contributed by atoms with Crippen molar-refractivity contribution in [3.05, 3.63) is 0 Å². The molecule has 6 atom stereocenters. The summed E-state index contributed by atoms with van der Waals surface area (Å²) in [7, 11) is 1.40. The normalized spacial score (nSPS) is 51.2. The summed E-state index contributed by atoms with van der Waals surface area (Å²) in [6, 6.07) is 0. The molecular formula is C11H14O4. The number of hydrogen-bond acceptors (Lipinski definition) is 4. The summed E-state index contributed by atoms with van der Waals surface area (Å²) >= 11 is 0. The molecule has 0 unspecified atom stereocenters. The smallest absolute Gasteiger partial charge is 0.311 e. The molecule has 1 saturated heterocycles. The minimum Gasteiger partial charge on any atom is -0.469 e. The molecule has 1 heterocycles. The zero-order valence-corrected chi connectivity index (χ0v) is 8.80. The Morgan fingerprint density at radius 3 is 2.87 bits per heavy atom. The number of Topliss-reactive ketones (excluding diaryl/α,β-unsaturated/α-hetero) is 1. The van der Waals surface area contributed by atoms with Gasteiger partial charge in [0.05, 0.1) is 25.2 Å². The lowest BCUT2D eigenvalue weighted by atomic mass is 9.88. The molecule has 2 aliphatic carbocycles. The lowest BCUT2D eigenvalue weighted by Crippen LogP contribution is -2.27. The molecule has 0 aromatic carbocycles. The third-order valence-electron chi connectivity index (χ3n) is 4.25. The number of epoxide rings is 1. The number of hydrogen-bond donors (Lipinski definition) is 0. The van der Waals surface area contributed by atoms with Gasteiger partial charge in [-0.25, -0.2) is 0 Å². The monoisotopic (exact) mass is 210 g/mol. The Morgan fingerprint density at radius 1 is 1.47 bits per heavy atom. The Hall–Kier alpha value is -0.900. The third kappa shape index (κ3) is 1.06. The van der Waals surface area contributed by atoms with Crippen molar-refractivity contribution in [3.63, 3.8) is 0 Å². The summed E-state index contributed by atoms with van der Waals surface area (Å²) in [4.78, 5) is 23.2. The fourth-order valence-corrected chi connectivity index (χ4v) is 3.46. The van der Waals surface area contributed by atoms with Crippen LogP contribution in [0.5, 0.6) is 0 Å². The van der Waals surface area contributed by atoms with E-state index in [0.29, 0.717) is 6.42 Å². The molecule has 4 nitrogen and oxygen atoms in total. The molecule has 4 heteroatoms. The van der Waals surface area contributed by atoms with Crippen LogP contribution in [0.15, 0.2) is 0 Å². The van der Waals surface area contributed by atoms with Crippen LogP contribution in [0.1, 0.15) is 13.3 Å². The van der Waals surface area contributed by atoms with Crippen molar-refractivity contribution in [1.82, 2.24) is 0 Å². The van der Waals surface area contributed by atoms with E-state index in [2.05, 4.69) is 0 Å². The molecule has 3 rings (SSSR count). The van der Waals surface area contributed by atoms with E-state index in [9.17, 15) is 9.59 Å². The van der Waals surface area contributed by atoms with Gasteiger partial charge in [0.1, 0.15) is 5.78 Å². The van der Waals surface area contributed by atoms with Crippen molar-refractivity contribution in [3.8, 4) is 0 Å². The summed E-state index contributed by atoms with van der Waals surface area (Å²) in [6.45, 7) is 1.95. The van der Waals surface area contributed by atoms with Crippen molar-refractivity contribution in [1.29, 1.82) is 0 Å². The predicted molar refractivity (Wildman–Crippen MR) is 49.9 cm³/mol. The predicted octanol–water partition coefficient (Wildman–Crippen LogP) is 0.398. The van der Waals surface area contributed by atoms with Crippen LogP contribution in [0.25, 0.3) is 0 Å². The molecule has 0 aromatic heterocycles. The van der Waals surface area contributed by atoms with E-state index in [1.165, 1.54) is 7.11 Å². The Balaban J connectivity index is 1.89. The third-order valence-corrected chi connectivity index (χ3v) is 4.25. The minimum absolute atomic E-state index is 0.0306. The number of esters is 1. The van der Waals surface area contributed by atoms with E-state index in [-0.39, 0.29) is 47.6 Å². The molecule has 15 heavy (non-hydrogen) atoms. The van der Waals surface area contributed by atoms with Gasteiger partial charge >= 0.3 is 5.97 Å². The number of ether oxygens (including phenoxy) is 2. The Bertz CT molecular complexity index is 337. The molecule has 0 spiro atoms. The minimum atomic E-state index is -0.211. The zero-order chi connectivity index (χ0) is 10.7. The van der Waals surface area contributed by atoms with E-state index in [1.54, 1.807) is 0 Å². The highest BCUT2D eigenvalue weighted by molar-refractivity contribution is 5.86. The highest BCUT2D eigenvalue weighted by Crippen LogP contribution is 2.58. The van der Waals surface area contributed by atoms with Crippen LogP contribution in [0.3, 0.4) is 0 Å². The highest BCUT2D eigenvalue weighted by Gasteiger charge is 2.68. The Kier molecular flexibility index (Phi) is 1.75. The zero-order valence-electron chi connectivity index (χ0n) is 8.80. The van der Waals surface area contributed by atoms with Crippen LogP contribution in [-0.2, 0) is 19.1 Å². The van der Waals surface area contributed by atoms with Gasteiger partial charge in [-0.1, -0.05) is 6.92 Å². The standard InChI is InChI=1S/C11H14O4/c1-4-6(12)3-5-7(4)9-10(15-9)8(5)11(13)14-2/h4-5,7-10H,3H2,1-2H3/t4-,5+,7-,8-,9+,10-/m0/s1. The molecule has 1 aliphatic heterocycles. The van der Waals surface area contributed by atoms with Crippen molar-refractivity contribution in [2.24, 2.45) is 23.7 Å². The van der Waals surface area contributed by atoms with Crippen LogP contribution in [0, 0.1) is 23.7 Å². The quantitative estimate of drug-likeness (QED) is 0.464. The maximum absolute atomic E-state index is 11.6. The highest BCUT2D eigenvalue weighted by atomic mass is 16.6. The van der Waals surface area contributed by atoms with Gasteiger partial charge in [-0.3, -0.25) is 9.59 Å². The van der Waals surface area contributed by atoms with Gasteiger partial charge in [-0.2, -0.15) is 0 Å². The molecule has 0 bridgehead atoms. The summed E-state index contributed by atoms with van der Waals surface area (Å²) in [5, 5.41) is 0. The molecule has 3 fully saturated rings. The fraction of sp³-hybridized carbons (Fsp3) is 0.818. The number of fused-ring (bicyclic) bond motifs is 3. The molecule has 3 aliphatic rings. The van der Waals surface area contributed by atoms with Crippen LogP contribution >= 0.6 is 0 Å². The summed E-state index contributed by atoms with van der Waals surface area (Å²) in [5.41, 5.74) is 0. The first-order valence-corrected chi connectivity index (χ1v) is 5.41. The second-order valence-electron chi connectivity index (χ2n) is 4.81. The van der Waals surface area contributed by atoms with E-state index in [4.69, 9.17) is 9.47 Å². The second kappa shape index (κ2) is 2.82. The number of methoxy groups -OCH3 is 1. The average Bonchev–Trinajstić information content (AvgIpc) is 2.84. The second-order valence-corrected chi connectivity index (χ2v) is 4.81. The van der Waals surface area contributed by atoms with Gasteiger partial charge < -0.3 is 9.47 Å². The van der Waals surface area contributed by atoms with Gasteiger partial charge in [-0.15, -0.1) is 0 Å². The molecule has 0 aromatic rings. The lowest BCUT2D eigenvalue weighted by Gasteiger charge is -2.19.